The molecule has 0 radical (unpaired) electrons. The van der Waals surface area contributed by atoms with Crippen molar-refractivity contribution < 1.29 is 27.4 Å². The van der Waals surface area contributed by atoms with Crippen molar-refractivity contribution in [2.45, 2.75) is 25.7 Å². The third-order valence-corrected chi connectivity index (χ3v) is 8.91. The highest BCUT2D eigenvalue weighted by molar-refractivity contribution is 14.1. The van der Waals surface area contributed by atoms with E-state index in [1.54, 1.807) is 36.4 Å². The van der Waals surface area contributed by atoms with E-state index < -0.39 is 35.0 Å². The summed E-state index contributed by atoms with van der Waals surface area (Å²) in [5.74, 6) is -0.826. The molecule has 0 fully saturated rings. The Kier molecular flexibility index (Phi) is 9.81. The van der Waals surface area contributed by atoms with Crippen LogP contribution in [0, 0.1) is 3.57 Å². The molecule has 0 aliphatic carbocycles. The summed E-state index contributed by atoms with van der Waals surface area (Å²) in [4.78, 5) is 30.5. The summed E-state index contributed by atoms with van der Waals surface area (Å²) in [6, 6.07) is 14.7. The first-order chi connectivity index (χ1) is 20.9. The van der Waals surface area contributed by atoms with Gasteiger partial charge in [0.1, 0.15) is 12.4 Å². The number of halogens is 7. The zero-order valence-corrected chi connectivity index (χ0v) is 27.7. The molecule has 4 aromatic rings. The van der Waals surface area contributed by atoms with Crippen LogP contribution in [0.3, 0.4) is 0 Å². The van der Waals surface area contributed by atoms with Crippen LogP contribution in [0.2, 0.25) is 15.1 Å². The van der Waals surface area contributed by atoms with Gasteiger partial charge in [-0.1, -0.05) is 70.4 Å². The molecule has 1 atom stereocenters. The summed E-state index contributed by atoms with van der Waals surface area (Å²) in [5, 5.41) is 1.25. The molecule has 0 saturated carbocycles. The van der Waals surface area contributed by atoms with Crippen LogP contribution in [0.1, 0.15) is 29.7 Å². The quantitative estimate of drug-likeness (QED) is 0.144. The number of rotatable bonds is 7. The molecule has 0 bridgehead atoms. The van der Waals surface area contributed by atoms with E-state index in [-0.39, 0.29) is 28.1 Å². The van der Waals surface area contributed by atoms with E-state index in [1.165, 1.54) is 37.3 Å². The molecule has 0 saturated heterocycles. The molecule has 0 N–H and O–H groups in total. The van der Waals surface area contributed by atoms with E-state index in [2.05, 4.69) is 4.99 Å². The molecule has 14 heteroatoms. The maximum atomic E-state index is 14.4. The highest BCUT2D eigenvalue weighted by atomic mass is 127. The number of carbonyl (C=O) groups excluding carboxylic acids is 1. The predicted molar refractivity (Wildman–Crippen MR) is 172 cm³/mol. The Morgan fingerprint density at radius 3 is 2.30 bits per heavy atom. The van der Waals surface area contributed by atoms with E-state index in [4.69, 9.17) is 44.3 Å². The highest BCUT2D eigenvalue weighted by Gasteiger charge is 2.45. The largest absolute Gasteiger partial charge is 0.487 e. The van der Waals surface area contributed by atoms with Gasteiger partial charge in [-0.15, -0.1) is 0 Å². The third-order valence-electron chi connectivity index (χ3n) is 6.40. The third kappa shape index (κ3) is 6.86. The predicted octanol–water partition coefficient (Wildman–Crippen LogP) is 7.48. The molecule has 0 amide bonds. The van der Waals surface area contributed by atoms with E-state index in [0.717, 1.165) is 21.5 Å². The average molecular weight is 794 g/mol. The van der Waals surface area contributed by atoms with Crippen molar-refractivity contribution >= 4 is 80.8 Å². The zero-order chi connectivity index (χ0) is 31.8. The molecule has 6 nitrogen and oxygen atoms in total. The molecule has 228 valence electrons. The van der Waals surface area contributed by atoms with Crippen LogP contribution in [0.15, 0.2) is 81.7 Å². The fourth-order valence-corrected chi connectivity index (χ4v) is 6.98. The second-order valence-corrected chi connectivity index (χ2v) is 12.8. The number of benzene rings is 3. The Hall–Kier alpha value is -2.84. The lowest BCUT2D eigenvalue weighted by Gasteiger charge is -2.26. The minimum Gasteiger partial charge on any atom is -0.487 e. The Balaban J connectivity index is 1.71. The first-order valence-corrected chi connectivity index (χ1v) is 15.8. The average Bonchev–Trinajstić information content (AvgIpc) is 3.27. The summed E-state index contributed by atoms with van der Waals surface area (Å²) < 4.78 is 56.0. The maximum absolute atomic E-state index is 14.4. The molecular formula is C30H19Cl3F3IN2O4S. The summed E-state index contributed by atoms with van der Waals surface area (Å²) in [7, 11) is 0. The van der Waals surface area contributed by atoms with Gasteiger partial charge in [-0.05, 0) is 83.1 Å². The number of allylic oxidation sites excluding steroid dienone is 1. The van der Waals surface area contributed by atoms with Crippen LogP contribution in [-0.4, -0.2) is 23.3 Å². The normalized spacial score (nSPS) is 15.2. The Morgan fingerprint density at radius 1 is 1.05 bits per heavy atom. The summed E-state index contributed by atoms with van der Waals surface area (Å²) >= 11 is 21.2. The van der Waals surface area contributed by atoms with Gasteiger partial charge in [0.05, 0.1) is 26.3 Å². The summed E-state index contributed by atoms with van der Waals surface area (Å²) in [6.45, 7) is 1.46. The van der Waals surface area contributed by atoms with Crippen LogP contribution >= 0.6 is 68.7 Å². The van der Waals surface area contributed by atoms with Gasteiger partial charge in [0.15, 0.2) is 10.5 Å². The van der Waals surface area contributed by atoms with E-state index >= 15 is 0 Å². The fraction of sp³-hybridized carbons (Fsp3) is 0.167. The van der Waals surface area contributed by atoms with Crippen molar-refractivity contribution in [1.82, 2.24) is 4.57 Å². The van der Waals surface area contributed by atoms with Gasteiger partial charge < -0.3 is 9.47 Å². The Morgan fingerprint density at radius 2 is 1.68 bits per heavy atom. The first kappa shape index (κ1) is 32.6. The van der Waals surface area contributed by atoms with Crippen molar-refractivity contribution in [1.29, 1.82) is 0 Å². The molecular weight excluding hydrogens is 775 g/mol. The van der Waals surface area contributed by atoms with E-state index in [1.807, 2.05) is 22.6 Å². The highest BCUT2D eigenvalue weighted by Crippen LogP contribution is 2.38. The van der Waals surface area contributed by atoms with Crippen LogP contribution < -0.4 is 19.6 Å². The Bertz CT molecular complexity index is 1960. The molecule has 1 aliphatic rings. The standard InChI is InChI=1S/C30H19Cl3F3IN2O4S/c1-2-42-28(41)23-24(16-5-9-19(32)10-6-16)39-27(40)22(44-29(39)38-26(23)30(34,35)36)12-17-11-20(33)13-21(37)25(17)43-14-15-3-7-18(31)8-4-15/h3-13,24H,2,14H2,1H3/b22-12-/t24-/m0/s1. The van der Waals surface area contributed by atoms with E-state index in [0.29, 0.717) is 30.0 Å². The fourth-order valence-electron chi connectivity index (χ4n) is 4.52. The lowest BCUT2D eigenvalue weighted by molar-refractivity contribution is -0.140. The zero-order valence-electron chi connectivity index (χ0n) is 22.4. The van der Waals surface area contributed by atoms with Crippen molar-refractivity contribution in [3.05, 3.63) is 127 Å². The number of alkyl halides is 3. The SMILES string of the molecule is CCOC(=O)C1=C(C(F)(F)F)N=c2s/c(=C\c3cc(Cl)cc(I)c3OCc3ccc(Cl)cc3)c(=O)n2[C@H]1c1ccc(Cl)cc1. The number of ether oxygens (including phenoxy) is 2. The van der Waals surface area contributed by atoms with Gasteiger partial charge in [0.25, 0.3) is 5.56 Å². The van der Waals surface area contributed by atoms with Crippen molar-refractivity contribution in [2.24, 2.45) is 4.99 Å². The number of aromatic nitrogens is 1. The van der Waals surface area contributed by atoms with Gasteiger partial charge >= 0.3 is 12.1 Å². The molecule has 1 aliphatic heterocycles. The number of nitrogens with zero attached hydrogens (tertiary/aromatic N) is 2. The minimum atomic E-state index is -5.02. The molecule has 3 aromatic carbocycles. The summed E-state index contributed by atoms with van der Waals surface area (Å²) in [5.41, 5.74) is -1.44. The number of esters is 1. The van der Waals surface area contributed by atoms with Gasteiger partial charge in [-0.25, -0.2) is 9.79 Å². The molecule has 1 aromatic heterocycles. The first-order valence-electron chi connectivity index (χ1n) is 12.8. The molecule has 0 unspecified atom stereocenters. The van der Waals surface area contributed by atoms with Gasteiger partial charge in [0.2, 0.25) is 0 Å². The summed E-state index contributed by atoms with van der Waals surface area (Å²) in [6.07, 6.45) is -3.54. The number of thiazole rings is 1. The minimum absolute atomic E-state index is 0.0451. The second-order valence-electron chi connectivity index (χ2n) is 9.34. The number of hydrogen-bond donors (Lipinski definition) is 0. The molecule has 2 heterocycles. The molecule has 44 heavy (non-hydrogen) atoms. The molecule has 0 spiro atoms. The smallest absolute Gasteiger partial charge is 0.434 e. The number of hydrogen-bond acceptors (Lipinski definition) is 6. The van der Waals surface area contributed by atoms with Gasteiger partial charge in [0, 0.05) is 20.6 Å². The number of fused-ring (bicyclic) bond motifs is 1. The van der Waals surface area contributed by atoms with Crippen LogP contribution in [-0.2, 0) is 16.1 Å². The van der Waals surface area contributed by atoms with Gasteiger partial charge in [-0.2, -0.15) is 13.2 Å². The lowest BCUT2D eigenvalue weighted by Crippen LogP contribution is -2.41. The van der Waals surface area contributed by atoms with Crippen LogP contribution in [0.5, 0.6) is 5.75 Å². The second kappa shape index (κ2) is 13.3. The molecule has 5 rings (SSSR count). The maximum Gasteiger partial charge on any atom is 0.434 e. The van der Waals surface area contributed by atoms with Crippen LogP contribution in [0.4, 0.5) is 13.2 Å². The van der Waals surface area contributed by atoms with Crippen LogP contribution in [0.25, 0.3) is 6.08 Å². The van der Waals surface area contributed by atoms with Crippen molar-refractivity contribution in [3.8, 4) is 5.75 Å². The Labute approximate surface area is 281 Å². The van der Waals surface area contributed by atoms with Crippen molar-refractivity contribution in [3.63, 3.8) is 0 Å². The number of carbonyl (C=O) groups is 1. The topological polar surface area (TPSA) is 69.9 Å². The monoisotopic (exact) mass is 792 g/mol. The van der Waals surface area contributed by atoms with E-state index in [9.17, 15) is 22.8 Å². The van der Waals surface area contributed by atoms with Gasteiger partial charge in [-0.3, -0.25) is 9.36 Å². The van der Waals surface area contributed by atoms with Crippen molar-refractivity contribution in [2.75, 3.05) is 6.61 Å². The lowest BCUT2D eigenvalue weighted by atomic mass is 9.95.